The van der Waals surface area contributed by atoms with Gasteiger partial charge in [0.2, 0.25) is 0 Å². The van der Waals surface area contributed by atoms with E-state index in [1.54, 1.807) is 24.3 Å². The Bertz CT molecular complexity index is 1200. The number of aliphatic hydroxyl groups is 1. The molecular formula is C26H27NO6. The van der Waals surface area contributed by atoms with Gasteiger partial charge in [-0.2, -0.15) is 0 Å². The lowest BCUT2D eigenvalue weighted by atomic mass is 9.98. The highest BCUT2D eigenvalue weighted by molar-refractivity contribution is 6.17. The first-order valence-corrected chi connectivity index (χ1v) is 11.1. The van der Waals surface area contributed by atoms with E-state index >= 15 is 0 Å². The normalized spacial score (nSPS) is 16.1. The van der Waals surface area contributed by atoms with Crippen LogP contribution >= 0.6 is 0 Å². The molecule has 1 amide bonds. The number of carbonyl (C=O) groups is 2. The van der Waals surface area contributed by atoms with Crippen molar-refractivity contribution in [2.45, 2.75) is 45.9 Å². The van der Waals surface area contributed by atoms with E-state index in [1.807, 2.05) is 45.0 Å². The van der Waals surface area contributed by atoms with Crippen LogP contribution in [0.15, 0.2) is 48.5 Å². The Kier molecular flexibility index (Phi) is 6.24. The fourth-order valence-electron chi connectivity index (χ4n) is 4.13. The largest absolute Gasteiger partial charge is 0.492 e. The molecule has 0 spiro atoms. The average molecular weight is 450 g/mol. The van der Waals surface area contributed by atoms with Crippen molar-refractivity contribution in [3.63, 3.8) is 0 Å². The monoisotopic (exact) mass is 449 g/mol. The van der Waals surface area contributed by atoms with Crippen molar-refractivity contribution in [1.82, 2.24) is 0 Å². The van der Waals surface area contributed by atoms with Crippen LogP contribution in [0.25, 0.3) is 10.8 Å². The second kappa shape index (κ2) is 9.11. The third-order valence-corrected chi connectivity index (χ3v) is 5.85. The zero-order valence-electron chi connectivity index (χ0n) is 18.9. The molecule has 172 valence electrons. The van der Waals surface area contributed by atoms with Crippen molar-refractivity contribution in [2.24, 2.45) is 0 Å². The number of carboxylic acids is 1. The molecule has 4 rings (SSSR count). The van der Waals surface area contributed by atoms with Gasteiger partial charge in [-0.3, -0.25) is 14.5 Å². The lowest BCUT2D eigenvalue weighted by Gasteiger charge is -2.23. The number of hydrogen-bond acceptors (Lipinski definition) is 5. The van der Waals surface area contributed by atoms with Crippen molar-refractivity contribution >= 4 is 28.3 Å². The second-order valence-electron chi connectivity index (χ2n) is 8.05. The topological polar surface area (TPSA) is 96.3 Å². The highest BCUT2D eigenvalue weighted by Gasteiger charge is 2.43. The summed E-state index contributed by atoms with van der Waals surface area (Å²) in [6.07, 6.45) is -0.762. The Morgan fingerprint density at radius 1 is 1.06 bits per heavy atom. The average Bonchev–Trinajstić information content (AvgIpc) is 3.06. The molecule has 3 aromatic carbocycles. The Labute approximate surface area is 192 Å². The molecule has 33 heavy (non-hydrogen) atoms. The quantitative estimate of drug-likeness (QED) is 0.518. The van der Waals surface area contributed by atoms with Crippen LogP contribution in [0.4, 0.5) is 5.69 Å². The Morgan fingerprint density at radius 3 is 2.27 bits per heavy atom. The van der Waals surface area contributed by atoms with Crippen LogP contribution in [-0.2, 0) is 11.2 Å². The molecule has 1 heterocycles. The number of fused-ring (bicyclic) bond motifs is 2. The minimum absolute atomic E-state index is 0.121. The van der Waals surface area contributed by atoms with Gasteiger partial charge in [0.25, 0.3) is 5.91 Å². The van der Waals surface area contributed by atoms with E-state index in [0.29, 0.717) is 34.9 Å². The minimum Gasteiger partial charge on any atom is -0.492 e. The highest BCUT2D eigenvalue weighted by atomic mass is 16.5. The minimum atomic E-state index is -1.28. The molecule has 3 aromatic rings. The Balaban J connectivity index is 1.90. The fraction of sp³-hybridized carbons (Fsp3) is 0.308. The van der Waals surface area contributed by atoms with Crippen LogP contribution in [0.3, 0.4) is 0 Å². The molecule has 0 saturated heterocycles. The van der Waals surface area contributed by atoms with Crippen molar-refractivity contribution in [3.8, 4) is 11.5 Å². The molecule has 7 nitrogen and oxygen atoms in total. The summed E-state index contributed by atoms with van der Waals surface area (Å²) in [5.41, 5.74) is 1.73. The van der Waals surface area contributed by atoms with Crippen molar-refractivity contribution in [3.05, 3.63) is 65.2 Å². The van der Waals surface area contributed by atoms with Crippen LogP contribution in [0, 0.1) is 0 Å². The van der Waals surface area contributed by atoms with E-state index in [-0.39, 0.29) is 18.1 Å². The zero-order valence-corrected chi connectivity index (χ0v) is 18.9. The number of carboxylic acid groups (broad SMARTS) is 1. The third kappa shape index (κ3) is 4.00. The number of ether oxygens (including phenoxy) is 2. The molecule has 0 aromatic heterocycles. The number of carbonyl (C=O) groups excluding carboxylic acids is 1. The Morgan fingerprint density at radius 2 is 1.70 bits per heavy atom. The molecule has 0 fully saturated rings. The maximum absolute atomic E-state index is 13.7. The SMILES string of the molecule is CCOc1c2c(c(OC(C)CC)c3ccccc13)C(O)N(c1ccc(CC(=O)O)cc1)C2=O. The molecule has 1 aliphatic rings. The van der Waals surface area contributed by atoms with E-state index in [9.17, 15) is 14.7 Å². The van der Waals surface area contributed by atoms with E-state index in [1.165, 1.54) is 4.90 Å². The van der Waals surface area contributed by atoms with Gasteiger partial charge in [0.15, 0.2) is 6.23 Å². The van der Waals surface area contributed by atoms with Gasteiger partial charge in [-0.05, 0) is 38.0 Å². The van der Waals surface area contributed by atoms with Gasteiger partial charge in [0.1, 0.15) is 11.5 Å². The van der Waals surface area contributed by atoms with E-state index in [4.69, 9.17) is 14.6 Å². The Hall–Kier alpha value is -3.58. The number of anilines is 1. The summed E-state index contributed by atoms with van der Waals surface area (Å²) in [5.74, 6) is -0.433. The van der Waals surface area contributed by atoms with Crippen LogP contribution in [0.2, 0.25) is 0 Å². The molecule has 0 bridgehead atoms. The predicted molar refractivity (Wildman–Crippen MR) is 125 cm³/mol. The lowest BCUT2D eigenvalue weighted by Crippen LogP contribution is -2.27. The molecule has 7 heteroatoms. The van der Waals surface area contributed by atoms with Gasteiger partial charge in [-0.15, -0.1) is 0 Å². The fourth-order valence-corrected chi connectivity index (χ4v) is 4.13. The number of aliphatic carboxylic acids is 1. The van der Waals surface area contributed by atoms with E-state index < -0.39 is 18.1 Å². The molecule has 0 radical (unpaired) electrons. The first-order chi connectivity index (χ1) is 15.9. The van der Waals surface area contributed by atoms with Crippen molar-refractivity contribution < 1.29 is 29.3 Å². The van der Waals surface area contributed by atoms with E-state index in [0.717, 1.165) is 17.2 Å². The molecule has 2 N–H and O–H groups in total. The number of hydrogen-bond donors (Lipinski definition) is 2. The highest BCUT2D eigenvalue weighted by Crippen LogP contribution is 2.50. The maximum atomic E-state index is 13.7. The smallest absolute Gasteiger partial charge is 0.307 e. The number of nitrogens with zero attached hydrogens (tertiary/aromatic N) is 1. The molecule has 2 atom stereocenters. The van der Waals surface area contributed by atoms with Gasteiger partial charge in [0.05, 0.1) is 30.3 Å². The summed E-state index contributed by atoms with van der Waals surface area (Å²) < 4.78 is 12.2. The summed E-state index contributed by atoms with van der Waals surface area (Å²) in [6.45, 7) is 6.16. The molecule has 0 saturated carbocycles. The predicted octanol–water partition coefficient (Wildman–Crippen LogP) is 4.69. The summed E-state index contributed by atoms with van der Waals surface area (Å²) in [4.78, 5) is 25.9. The number of amides is 1. The lowest BCUT2D eigenvalue weighted by molar-refractivity contribution is -0.136. The van der Waals surface area contributed by atoms with Crippen LogP contribution in [-0.4, -0.2) is 34.8 Å². The second-order valence-corrected chi connectivity index (χ2v) is 8.05. The van der Waals surface area contributed by atoms with Crippen LogP contribution in [0.1, 0.15) is 54.9 Å². The number of rotatable bonds is 8. The molecule has 1 aliphatic heterocycles. The first-order valence-electron chi connectivity index (χ1n) is 11.1. The third-order valence-electron chi connectivity index (χ3n) is 5.85. The summed E-state index contributed by atoms with van der Waals surface area (Å²) >= 11 is 0. The molecule has 0 aliphatic carbocycles. The number of aliphatic hydroxyl groups excluding tert-OH is 1. The molecule has 2 unspecified atom stereocenters. The summed E-state index contributed by atoms with van der Waals surface area (Å²) in [7, 11) is 0. The first kappa shape index (κ1) is 22.6. The van der Waals surface area contributed by atoms with Gasteiger partial charge in [-0.1, -0.05) is 43.3 Å². The van der Waals surface area contributed by atoms with Crippen molar-refractivity contribution in [2.75, 3.05) is 11.5 Å². The van der Waals surface area contributed by atoms with Gasteiger partial charge >= 0.3 is 5.97 Å². The van der Waals surface area contributed by atoms with E-state index in [2.05, 4.69) is 0 Å². The number of benzene rings is 3. The van der Waals surface area contributed by atoms with Gasteiger partial charge in [0, 0.05) is 16.5 Å². The standard InChI is InChI=1S/C26H27NO6/c1-4-15(3)33-24-19-9-7-6-8-18(19)23(32-5-2)21-22(24)26(31)27(25(21)30)17-12-10-16(11-13-17)14-20(28)29/h6-13,15,26,31H,4-5,14H2,1-3H3,(H,28,29). The summed E-state index contributed by atoms with van der Waals surface area (Å²) in [6, 6.07) is 14.1. The summed E-state index contributed by atoms with van der Waals surface area (Å²) in [5, 5.41) is 21.9. The maximum Gasteiger partial charge on any atom is 0.307 e. The van der Waals surface area contributed by atoms with Crippen molar-refractivity contribution in [1.29, 1.82) is 0 Å². The molecular weight excluding hydrogens is 422 g/mol. The van der Waals surface area contributed by atoms with Gasteiger partial charge < -0.3 is 19.7 Å². The van der Waals surface area contributed by atoms with Gasteiger partial charge in [-0.25, -0.2) is 0 Å². The van der Waals surface area contributed by atoms with Crippen LogP contribution in [0.5, 0.6) is 11.5 Å². The zero-order chi connectivity index (χ0) is 23.7. The van der Waals surface area contributed by atoms with Crippen LogP contribution < -0.4 is 14.4 Å².